The highest BCUT2D eigenvalue weighted by molar-refractivity contribution is 5.52. The van der Waals surface area contributed by atoms with E-state index in [4.69, 9.17) is 0 Å². The average molecular weight is 301 g/mol. The van der Waals surface area contributed by atoms with Gasteiger partial charge in [-0.25, -0.2) is 8.78 Å². The Morgan fingerprint density at radius 2 is 1.67 bits per heavy atom. The Labute approximate surface area is 118 Å². The highest BCUT2D eigenvalue weighted by atomic mass is 19.4. The van der Waals surface area contributed by atoms with E-state index in [1.807, 2.05) is 0 Å². The van der Waals surface area contributed by atoms with Crippen LogP contribution in [0.5, 0.6) is 0 Å². The molecule has 0 heterocycles. The van der Waals surface area contributed by atoms with Gasteiger partial charge in [-0.3, -0.25) is 0 Å². The number of para-hydroxylation sites is 1. The molecule has 1 nitrogen and oxygen atoms in total. The number of anilines is 1. The monoisotopic (exact) mass is 301 g/mol. The van der Waals surface area contributed by atoms with Gasteiger partial charge in [-0.2, -0.15) is 13.2 Å². The van der Waals surface area contributed by atoms with Gasteiger partial charge in [0.1, 0.15) is 0 Å². The van der Waals surface area contributed by atoms with E-state index in [1.165, 1.54) is 36.4 Å². The van der Waals surface area contributed by atoms with E-state index in [-0.39, 0.29) is 17.8 Å². The van der Waals surface area contributed by atoms with Gasteiger partial charge in [0.15, 0.2) is 0 Å². The normalized spacial score (nSPS) is 11.7. The molecule has 0 saturated carbocycles. The summed E-state index contributed by atoms with van der Waals surface area (Å²) in [5, 5.41) is 2.64. The van der Waals surface area contributed by atoms with Crippen molar-refractivity contribution in [2.24, 2.45) is 0 Å². The van der Waals surface area contributed by atoms with Gasteiger partial charge in [0.2, 0.25) is 0 Å². The molecule has 0 bridgehead atoms. The van der Waals surface area contributed by atoms with Crippen molar-refractivity contribution in [3.63, 3.8) is 0 Å². The standard InChI is InChI=1S/C15H12F5N/c16-14(17)11-5-3-4-10(8-11)9-21-13-7-2-1-6-12(13)15(18,19)20/h1-8,14,21H,9H2. The predicted octanol–water partition coefficient (Wildman–Crippen LogP) is 5.26. The lowest BCUT2D eigenvalue weighted by Gasteiger charge is -2.14. The number of halogens is 5. The van der Waals surface area contributed by atoms with Crippen LogP contribution in [0, 0.1) is 0 Å². The van der Waals surface area contributed by atoms with Crippen molar-refractivity contribution in [3.8, 4) is 0 Å². The molecule has 0 saturated heterocycles. The fourth-order valence-electron chi connectivity index (χ4n) is 1.92. The zero-order valence-corrected chi connectivity index (χ0v) is 10.8. The molecule has 0 aliphatic carbocycles. The summed E-state index contributed by atoms with van der Waals surface area (Å²) in [7, 11) is 0. The van der Waals surface area contributed by atoms with Crippen LogP contribution in [0.4, 0.5) is 27.6 Å². The molecular formula is C15H12F5N. The van der Waals surface area contributed by atoms with Gasteiger partial charge in [0.25, 0.3) is 6.43 Å². The third-order valence-electron chi connectivity index (χ3n) is 2.92. The van der Waals surface area contributed by atoms with E-state index in [9.17, 15) is 22.0 Å². The van der Waals surface area contributed by atoms with Crippen molar-refractivity contribution in [3.05, 3.63) is 65.2 Å². The molecule has 1 N–H and O–H groups in total. The second-order valence-electron chi connectivity index (χ2n) is 4.44. The maximum Gasteiger partial charge on any atom is 0.418 e. The number of alkyl halides is 5. The minimum atomic E-state index is -4.46. The van der Waals surface area contributed by atoms with Gasteiger partial charge in [-0.1, -0.05) is 30.3 Å². The van der Waals surface area contributed by atoms with Crippen LogP contribution in [0.25, 0.3) is 0 Å². The molecule has 0 amide bonds. The third-order valence-corrected chi connectivity index (χ3v) is 2.92. The molecule has 2 aromatic rings. The smallest absolute Gasteiger partial charge is 0.380 e. The predicted molar refractivity (Wildman–Crippen MR) is 70.2 cm³/mol. The van der Waals surface area contributed by atoms with Crippen LogP contribution < -0.4 is 5.32 Å². The molecule has 0 aliphatic heterocycles. The first-order valence-corrected chi connectivity index (χ1v) is 6.15. The van der Waals surface area contributed by atoms with E-state index in [0.717, 1.165) is 6.07 Å². The first-order valence-electron chi connectivity index (χ1n) is 6.15. The van der Waals surface area contributed by atoms with Gasteiger partial charge in [-0.05, 0) is 23.8 Å². The number of hydrogen-bond acceptors (Lipinski definition) is 1. The SMILES string of the molecule is FC(F)c1cccc(CNc2ccccc2C(F)(F)F)c1. The lowest BCUT2D eigenvalue weighted by Crippen LogP contribution is -2.10. The Balaban J connectivity index is 2.16. The summed E-state index contributed by atoms with van der Waals surface area (Å²) in [6.45, 7) is 0.0354. The molecule has 112 valence electrons. The van der Waals surface area contributed by atoms with E-state index in [0.29, 0.717) is 5.56 Å². The van der Waals surface area contributed by atoms with Crippen LogP contribution in [0.2, 0.25) is 0 Å². The second kappa shape index (κ2) is 6.11. The van der Waals surface area contributed by atoms with Crippen molar-refractivity contribution in [2.45, 2.75) is 19.1 Å². The third kappa shape index (κ3) is 3.93. The molecular weight excluding hydrogens is 289 g/mol. The van der Waals surface area contributed by atoms with Gasteiger partial charge in [0, 0.05) is 17.8 Å². The Morgan fingerprint density at radius 3 is 2.33 bits per heavy atom. The summed E-state index contributed by atoms with van der Waals surface area (Å²) in [4.78, 5) is 0. The number of benzene rings is 2. The van der Waals surface area contributed by atoms with E-state index in [1.54, 1.807) is 6.07 Å². The van der Waals surface area contributed by atoms with E-state index < -0.39 is 18.2 Å². The van der Waals surface area contributed by atoms with Crippen molar-refractivity contribution < 1.29 is 22.0 Å². The summed E-state index contributed by atoms with van der Waals surface area (Å²) in [6, 6.07) is 10.6. The zero-order valence-electron chi connectivity index (χ0n) is 10.8. The second-order valence-corrected chi connectivity index (χ2v) is 4.44. The fraction of sp³-hybridized carbons (Fsp3) is 0.200. The van der Waals surface area contributed by atoms with Crippen LogP contribution >= 0.6 is 0 Å². The van der Waals surface area contributed by atoms with Crippen LogP contribution in [0.15, 0.2) is 48.5 Å². The molecule has 21 heavy (non-hydrogen) atoms. The molecule has 0 radical (unpaired) electrons. The highest BCUT2D eigenvalue weighted by Crippen LogP contribution is 2.34. The average Bonchev–Trinajstić information content (AvgIpc) is 2.45. The summed E-state index contributed by atoms with van der Waals surface area (Å²) >= 11 is 0. The summed E-state index contributed by atoms with van der Waals surface area (Å²) in [5.74, 6) is 0. The van der Waals surface area contributed by atoms with Gasteiger partial charge in [-0.15, -0.1) is 0 Å². The van der Waals surface area contributed by atoms with Gasteiger partial charge in [0.05, 0.1) is 5.56 Å². The first kappa shape index (κ1) is 15.3. The minimum absolute atomic E-state index is 0.0354. The van der Waals surface area contributed by atoms with Crippen molar-refractivity contribution in [1.82, 2.24) is 0 Å². The highest BCUT2D eigenvalue weighted by Gasteiger charge is 2.32. The molecule has 0 aromatic heterocycles. The van der Waals surface area contributed by atoms with Crippen LogP contribution in [0.1, 0.15) is 23.1 Å². The minimum Gasteiger partial charge on any atom is -0.380 e. The van der Waals surface area contributed by atoms with Crippen LogP contribution in [-0.4, -0.2) is 0 Å². The van der Waals surface area contributed by atoms with Gasteiger partial charge < -0.3 is 5.32 Å². The fourth-order valence-corrected chi connectivity index (χ4v) is 1.92. The molecule has 2 rings (SSSR count). The molecule has 0 fully saturated rings. The lowest BCUT2D eigenvalue weighted by atomic mass is 10.1. The molecule has 0 unspecified atom stereocenters. The van der Waals surface area contributed by atoms with E-state index >= 15 is 0 Å². The maximum absolute atomic E-state index is 12.8. The maximum atomic E-state index is 12.8. The van der Waals surface area contributed by atoms with Crippen molar-refractivity contribution in [1.29, 1.82) is 0 Å². The quantitative estimate of drug-likeness (QED) is 0.760. The zero-order chi connectivity index (χ0) is 15.5. The molecule has 0 spiro atoms. The summed E-state index contributed by atoms with van der Waals surface area (Å²) < 4.78 is 63.5. The molecule has 6 heteroatoms. The van der Waals surface area contributed by atoms with Crippen LogP contribution in [0.3, 0.4) is 0 Å². The summed E-state index contributed by atoms with van der Waals surface area (Å²) in [5.41, 5.74) is -0.523. The first-order chi connectivity index (χ1) is 9.88. The number of nitrogens with one attached hydrogen (secondary N) is 1. The van der Waals surface area contributed by atoms with Crippen molar-refractivity contribution >= 4 is 5.69 Å². The Morgan fingerprint density at radius 1 is 0.952 bits per heavy atom. The Hall–Kier alpha value is -2.11. The molecule has 0 aliphatic rings. The molecule has 0 atom stereocenters. The summed E-state index contributed by atoms with van der Waals surface area (Å²) in [6.07, 6.45) is -7.07. The number of hydrogen-bond donors (Lipinski definition) is 1. The number of rotatable bonds is 4. The Kier molecular flexibility index (Phi) is 4.45. The van der Waals surface area contributed by atoms with Gasteiger partial charge >= 0.3 is 6.18 Å². The Bertz CT molecular complexity index is 607. The largest absolute Gasteiger partial charge is 0.418 e. The topological polar surface area (TPSA) is 12.0 Å². The lowest BCUT2D eigenvalue weighted by molar-refractivity contribution is -0.137. The van der Waals surface area contributed by atoms with Crippen molar-refractivity contribution in [2.75, 3.05) is 5.32 Å². The van der Waals surface area contributed by atoms with Crippen LogP contribution in [-0.2, 0) is 12.7 Å². The van der Waals surface area contributed by atoms with E-state index in [2.05, 4.69) is 5.32 Å². The molecule has 2 aromatic carbocycles.